The van der Waals surface area contributed by atoms with E-state index < -0.39 is 0 Å². The van der Waals surface area contributed by atoms with E-state index in [-0.39, 0.29) is 12.2 Å². The topological polar surface area (TPSA) is 56.7 Å². The highest BCUT2D eigenvalue weighted by molar-refractivity contribution is 9.10. The van der Waals surface area contributed by atoms with Crippen LogP contribution in [0.25, 0.3) is 10.9 Å². The number of nitrogens with zero attached hydrogens (tertiary/aromatic N) is 3. The molecule has 0 amide bonds. The summed E-state index contributed by atoms with van der Waals surface area (Å²) < 4.78 is 18.6. The first kappa shape index (κ1) is 24.3. The summed E-state index contributed by atoms with van der Waals surface area (Å²) in [5, 5.41) is 0.941. The van der Waals surface area contributed by atoms with Crippen LogP contribution in [0.1, 0.15) is 44.9 Å². The zero-order valence-corrected chi connectivity index (χ0v) is 21.3. The maximum Gasteiger partial charge on any atom is 0.319 e. The molecule has 7 heteroatoms. The molecular formula is C25H32BrN3O3. The molecule has 0 N–H and O–H groups in total. The largest absolute Gasteiger partial charge is 0.483 e. The lowest BCUT2D eigenvalue weighted by Crippen LogP contribution is -2.24. The summed E-state index contributed by atoms with van der Waals surface area (Å²) in [4.78, 5) is 11.7. The van der Waals surface area contributed by atoms with Crippen LogP contribution in [0.5, 0.6) is 11.8 Å². The van der Waals surface area contributed by atoms with Gasteiger partial charge in [-0.2, -0.15) is 9.97 Å². The Balaban J connectivity index is 2.16. The maximum absolute atomic E-state index is 6.49. The second-order valence-electron chi connectivity index (χ2n) is 7.76. The average Bonchev–Trinajstić information content (AvgIpc) is 2.82. The van der Waals surface area contributed by atoms with E-state index in [0.717, 1.165) is 45.4 Å². The zero-order chi connectivity index (χ0) is 23.3. The molecule has 0 bridgehead atoms. The summed E-state index contributed by atoms with van der Waals surface area (Å²) in [6.07, 6.45) is -0.216. The predicted molar refractivity (Wildman–Crippen MR) is 133 cm³/mol. The first-order valence-electron chi connectivity index (χ1n) is 11.0. The molecule has 6 nitrogen and oxygen atoms in total. The van der Waals surface area contributed by atoms with Gasteiger partial charge in [0.15, 0.2) is 5.75 Å². The number of halogens is 1. The van der Waals surface area contributed by atoms with E-state index in [1.165, 1.54) is 0 Å². The van der Waals surface area contributed by atoms with E-state index in [2.05, 4.69) is 59.8 Å². The molecule has 0 fully saturated rings. The second kappa shape index (κ2) is 11.0. The van der Waals surface area contributed by atoms with Crippen molar-refractivity contribution in [3.63, 3.8) is 0 Å². The van der Waals surface area contributed by atoms with Gasteiger partial charge in [0.2, 0.25) is 0 Å². The lowest BCUT2D eigenvalue weighted by atomic mass is 10.1. The highest BCUT2D eigenvalue weighted by Gasteiger charge is 2.22. The number of ether oxygens (including phenoxy) is 3. The fourth-order valence-corrected chi connectivity index (χ4v) is 3.87. The molecule has 32 heavy (non-hydrogen) atoms. The van der Waals surface area contributed by atoms with Crippen molar-refractivity contribution in [1.29, 1.82) is 0 Å². The Morgan fingerprint density at radius 1 is 1.06 bits per heavy atom. The first-order chi connectivity index (χ1) is 15.4. The number of aromatic nitrogens is 2. The van der Waals surface area contributed by atoms with E-state index in [0.29, 0.717) is 18.4 Å². The van der Waals surface area contributed by atoms with E-state index in [1.807, 2.05) is 32.0 Å². The lowest BCUT2D eigenvalue weighted by molar-refractivity contribution is 0.0682. The van der Waals surface area contributed by atoms with Crippen LogP contribution in [0.3, 0.4) is 0 Å². The van der Waals surface area contributed by atoms with Gasteiger partial charge in [-0.1, -0.05) is 30.3 Å². The molecule has 3 aromatic rings. The number of methoxy groups -OCH3 is 1. The molecule has 0 aliphatic carbocycles. The van der Waals surface area contributed by atoms with Gasteiger partial charge >= 0.3 is 6.01 Å². The van der Waals surface area contributed by atoms with Crippen molar-refractivity contribution in [2.24, 2.45) is 0 Å². The summed E-state index contributed by atoms with van der Waals surface area (Å²) in [5.74, 6) is 1.53. The monoisotopic (exact) mass is 501 g/mol. The van der Waals surface area contributed by atoms with Gasteiger partial charge in [0.25, 0.3) is 0 Å². The molecule has 2 aromatic carbocycles. The van der Waals surface area contributed by atoms with Gasteiger partial charge < -0.3 is 19.1 Å². The maximum atomic E-state index is 6.49. The summed E-state index contributed by atoms with van der Waals surface area (Å²) >= 11 is 3.74. The van der Waals surface area contributed by atoms with Crippen LogP contribution < -0.4 is 14.4 Å². The molecule has 0 radical (unpaired) electrons. The van der Waals surface area contributed by atoms with Gasteiger partial charge in [0.05, 0.1) is 10.6 Å². The zero-order valence-electron chi connectivity index (χ0n) is 19.7. The fraction of sp³-hybridized carbons (Fsp3) is 0.440. The van der Waals surface area contributed by atoms with Crippen LogP contribution in [0, 0.1) is 6.92 Å². The Morgan fingerprint density at radius 2 is 1.75 bits per heavy atom. The molecule has 2 atom stereocenters. The fourth-order valence-electron chi connectivity index (χ4n) is 3.47. The van der Waals surface area contributed by atoms with Gasteiger partial charge in [-0.3, -0.25) is 0 Å². The molecule has 0 aliphatic rings. The Labute approximate surface area is 199 Å². The molecular weight excluding hydrogens is 470 g/mol. The molecule has 0 spiro atoms. The van der Waals surface area contributed by atoms with Crippen molar-refractivity contribution in [2.75, 3.05) is 31.7 Å². The molecule has 172 valence electrons. The highest BCUT2D eigenvalue weighted by atomic mass is 79.9. The van der Waals surface area contributed by atoms with Crippen LogP contribution in [0.2, 0.25) is 0 Å². The Morgan fingerprint density at radius 3 is 2.38 bits per heavy atom. The number of hydrogen-bond acceptors (Lipinski definition) is 6. The molecule has 1 aromatic heterocycles. The predicted octanol–water partition coefficient (Wildman–Crippen LogP) is 6.10. The minimum absolute atomic E-state index is 0.0650. The lowest BCUT2D eigenvalue weighted by Gasteiger charge is -2.24. The summed E-state index contributed by atoms with van der Waals surface area (Å²) in [6.45, 7) is 12.3. The Kier molecular flexibility index (Phi) is 8.32. The van der Waals surface area contributed by atoms with Crippen molar-refractivity contribution in [3.8, 4) is 11.8 Å². The first-order valence-corrected chi connectivity index (χ1v) is 11.8. The quantitative estimate of drug-likeness (QED) is 0.334. The Hall–Kier alpha value is -2.38. The van der Waals surface area contributed by atoms with E-state index >= 15 is 0 Å². The van der Waals surface area contributed by atoms with E-state index in [1.54, 1.807) is 7.11 Å². The van der Waals surface area contributed by atoms with Gasteiger partial charge in [0, 0.05) is 25.6 Å². The number of benzene rings is 2. The molecule has 0 aliphatic heterocycles. The van der Waals surface area contributed by atoms with Crippen LogP contribution in [0.4, 0.5) is 5.82 Å². The van der Waals surface area contributed by atoms with Gasteiger partial charge in [-0.15, -0.1) is 0 Å². The van der Waals surface area contributed by atoms with Crippen molar-refractivity contribution >= 4 is 32.7 Å². The molecule has 3 rings (SSSR count). The number of hydrogen-bond donors (Lipinski definition) is 0. The molecule has 0 saturated heterocycles. The second-order valence-corrected chi connectivity index (χ2v) is 8.56. The van der Waals surface area contributed by atoms with Crippen molar-refractivity contribution in [2.45, 2.75) is 46.8 Å². The molecule has 0 saturated carbocycles. The third-order valence-corrected chi connectivity index (χ3v) is 6.49. The number of fused-ring (bicyclic) bond motifs is 1. The van der Waals surface area contributed by atoms with Gasteiger partial charge in [-0.25, -0.2) is 0 Å². The molecule has 1 heterocycles. The number of rotatable bonds is 10. The number of anilines is 1. The molecule has 2 unspecified atom stereocenters. The van der Waals surface area contributed by atoms with Gasteiger partial charge in [0.1, 0.15) is 24.0 Å². The van der Waals surface area contributed by atoms with Crippen LogP contribution >= 0.6 is 15.9 Å². The summed E-state index contributed by atoms with van der Waals surface area (Å²) in [7, 11) is 1.66. The average molecular weight is 502 g/mol. The Bertz CT molecular complexity index is 1040. The highest BCUT2D eigenvalue weighted by Crippen LogP contribution is 2.41. The normalized spacial score (nSPS) is 13.1. The van der Waals surface area contributed by atoms with Crippen molar-refractivity contribution in [3.05, 3.63) is 52.0 Å². The van der Waals surface area contributed by atoms with Crippen molar-refractivity contribution in [1.82, 2.24) is 9.97 Å². The van der Waals surface area contributed by atoms with Crippen LogP contribution in [-0.4, -0.2) is 42.9 Å². The van der Waals surface area contributed by atoms with Crippen molar-refractivity contribution < 1.29 is 14.2 Å². The van der Waals surface area contributed by atoms with Crippen LogP contribution in [0.15, 0.2) is 40.9 Å². The SMILES string of the molecule is CCN(CC)c1nc(OCC(C)OC)nc2c(OC(C)c3ccccc3)c(Br)c(C)cc12. The van der Waals surface area contributed by atoms with E-state index in [9.17, 15) is 0 Å². The third-order valence-electron chi connectivity index (χ3n) is 5.50. The third kappa shape index (κ3) is 5.33. The van der Waals surface area contributed by atoms with Crippen LogP contribution in [-0.2, 0) is 4.74 Å². The number of aryl methyl sites for hydroxylation is 1. The van der Waals surface area contributed by atoms with Gasteiger partial charge in [-0.05, 0) is 67.7 Å². The summed E-state index contributed by atoms with van der Waals surface area (Å²) in [6, 6.07) is 12.6. The minimum Gasteiger partial charge on any atom is -0.483 e. The standard InChI is InChI=1S/C25H32BrN3O3/c1-7-29(8-2)24-20-14-16(3)21(26)23(32-18(5)19-12-10-9-11-13-19)22(20)27-25(28-24)31-15-17(4)30-6/h9-14,17-18H,7-8,15H2,1-6H3. The minimum atomic E-state index is -0.151. The smallest absolute Gasteiger partial charge is 0.319 e. The van der Waals surface area contributed by atoms with E-state index in [4.69, 9.17) is 24.2 Å². The summed E-state index contributed by atoms with van der Waals surface area (Å²) in [5.41, 5.74) is 2.88.